The fraction of sp³-hybridized carbons (Fsp3) is 0.688. The van der Waals surface area contributed by atoms with Crippen LogP contribution in [0.2, 0.25) is 0 Å². The molecule has 0 bridgehead atoms. The van der Waals surface area contributed by atoms with E-state index in [0.717, 1.165) is 19.0 Å². The van der Waals surface area contributed by atoms with Crippen molar-refractivity contribution in [3.05, 3.63) is 12.4 Å². The van der Waals surface area contributed by atoms with E-state index in [1.54, 1.807) is 13.8 Å². The molecule has 28 heavy (non-hydrogen) atoms. The van der Waals surface area contributed by atoms with Gasteiger partial charge in [-0.25, -0.2) is 13.1 Å². The molecule has 1 aromatic rings. The number of rotatable bonds is 9. The van der Waals surface area contributed by atoms with Crippen LogP contribution in [-0.2, 0) is 26.2 Å². The van der Waals surface area contributed by atoms with Crippen molar-refractivity contribution >= 4 is 21.8 Å². The quantitative estimate of drug-likeness (QED) is 0.626. The van der Waals surface area contributed by atoms with Crippen molar-refractivity contribution in [2.45, 2.75) is 63.2 Å². The molecule has 1 saturated carbocycles. The van der Waals surface area contributed by atoms with E-state index >= 15 is 0 Å². The smallest absolute Gasteiger partial charge is 0.344 e. The van der Waals surface area contributed by atoms with E-state index in [-0.39, 0.29) is 17.2 Å². The summed E-state index contributed by atoms with van der Waals surface area (Å²) in [7, 11) is -4.26. The number of carbonyl (C=O) groups excluding carboxylic acids is 2. The Hall–Kier alpha value is -2.11. The van der Waals surface area contributed by atoms with Gasteiger partial charge in [-0.2, -0.15) is 18.3 Å². The molecule has 2 rings (SSSR count). The molecule has 0 aliphatic heterocycles. The SMILES string of the molecule is CC(C)C[C@H](NC(=O)CC(F)(F)F)C(=O)NS(=O)(=O)c1cnn(CC2CC2)c1. The van der Waals surface area contributed by atoms with Crippen LogP contribution < -0.4 is 10.0 Å². The standard InChI is InChI=1S/C16H23F3N4O4S/c1-10(2)5-13(21-14(24)6-16(17,18)19)15(25)22-28(26,27)12-7-20-23(9-12)8-11-3-4-11/h7,9-11,13H,3-6,8H2,1-2H3,(H,21,24)(H,22,25)/t13-/m0/s1. The highest BCUT2D eigenvalue weighted by atomic mass is 32.2. The average Bonchev–Trinajstić information content (AvgIpc) is 3.17. The van der Waals surface area contributed by atoms with Crippen molar-refractivity contribution in [3.8, 4) is 0 Å². The molecule has 1 heterocycles. The van der Waals surface area contributed by atoms with Gasteiger partial charge in [0.15, 0.2) is 0 Å². The number of carbonyl (C=O) groups is 2. The molecule has 1 fully saturated rings. The molecule has 158 valence electrons. The normalized spacial score (nSPS) is 16.1. The van der Waals surface area contributed by atoms with Gasteiger partial charge in [0.05, 0.1) is 6.20 Å². The molecule has 12 heteroatoms. The summed E-state index contributed by atoms with van der Waals surface area (Å²) in [5.74, 6) is -2.21. The van der Waals surface area contributed by atoms with E-state index < -0.39 is 40.5 Å². The van der Waals surface area contributed by atoms with Crippen molar-refractivity contribution in [1.82, 2.24) is 19.8 Å². The maximum atomic E-state index is 12.4. The van der Waals surface area contributed by atoms with E-state index in [2.05, 4.69) is 5.10 Å². The first-order valence-electron chi connectivity index (χ1n) is 8.81. The molecule has 1 aromatic heterocycles. The van der Waals surface area contributed by atoms with Crippen molar-refractivity contribution in [2.24, 2.45) is 11.8 Å². The maximum Gasteiger partial charge on any atom is 0.397 e. The molecule has 0 unspecified atom stereocenters. The third-order valence-electron chi connectivity index (χ3n) is 4.02. The Morgan fingerprint density at radius 3 is 2.50 bits per heavy atom. The number of nitrogens with one attached hydrogen (secondary N) is 2. The van der Waals surface area contributed by atoms with Gasteiger partial charge >= 0.3 is 6.18 Å². The Morgan fingerprint density at radius 1 is 1.32 bits per heavy atom. The highest BCUT2D eigenvalue weighted by molar-refractivity contribution is 7.90. The number of hydrogen-bond acceptors (Lipinski definition) is 5. The van der Waals surface area contributed by atoms with Crippen LogP contribution in [0.1, 0.15) is 39.5 Å². The first-order chi connectivity index (χ1) is 12.9. The molecule has 1 aliphatic carbocycles. The number of aromatic nitrogens is 2. The molecule has 2 amide bonds. The topological polar surface area (TPSA) is 110 Å². The zero-order valence-corrected chi connectivity index (χ0v) is 16.3. The summed E-state index contributed by atoms with van der Waals surface area (Å²) in [6.07, 6.45) is -2.03. The lowest BCUT2D eigenvalue weighted by molar-refractivity contribution is -0.155. The fourth-order valence-electron chi connectivity index (χ4n) is 2.54. The van der Waals surface area contributed by atoms with Crippen LogP contribution in [0.5, 0.6) is 0 Å². The molecule has 0 spiro atoms. The molecule has 0 aromatic carbocycles. The van der Waals surface area contributed by atoms with Gasteiger partial charge in [-0.3, -0.25) is 14.3 Å². The average molecular weight is 424 g/mol. The van der Waals surface area contributed by atoms with Gasteiger partial charge in [0.2, 0.25) is 5.91 Å². The van der Waals surface area contributed by atoms with Gasteiger partial charge in [0, 0.05) is 12.7 Å². The number of nitrogens with zero attached hydrogens (tertiary/aromatic N) is 2. The van der Waals surface area contributed by atoms with Crippen LogP contribution in [-0.4, -0.2) is 42.2 Å². The van der Waals surface area contributed by atoms with Crippen LogP contribution >= 0.6 is 0 Å². The first-order valence-corrected chi connectivity index (χ1v) is 10.3. The van der Waals surface area contributed by atoms with Crippen molar-refractivity contribution < 1.29 is 31.2 Å². The summed E-state index contributed by atoms with van der Waals surface area (Å²) in [6, 6.07) is -1.41. The molecular weight excluding hydrogens is 401 g/mol. The van der Waals surface area contributed by atoms with E-state index in [1.165, 1.54) is 10.9 Å². The number of sulfonamides is 1. The minimum atomic E-state index is -4.73. The van der Waals surface area contributed by atoms with Crippen LogP contribution in [0.25, 0.3) is 0 Å². The Balaban J connectivity index is 2.05. The van der Waals surface area contributed by atoms with E-state index in [0.29, 0.717) is 12.5 Å². The Labute approximate surface area is 160 Å². The maximum absolute atomic E-state index is 12.4. The monoisotopic (exact) mass is 424 g/mol. The third-order valence-corrected chi connectivity index (χ3v) is 5.32. The van der Waals surface area contributed by atoms with Gasteiger partial charge in [0.1, 0.15) is 17.4 Å². The van der Waals surface area contributed by atoms with E-state index in [4.69, 9.17) is 0 Å². The second kappa shape index (κ2) is 8.50. The van der Waals surface area contributed by atoms with Crippen molar-refractivity contribution in [1.29, 1.82) is 0 Å². The summed E-state index contributed by atoms with van der Waals surface area (Å²) >= 11 is 0. The Kier molecular flexibility index (Phi) is 6.73. The minimum Gasteiger partial charge on any atom is -0.344 e. The third kappa shape index (κ3) is 7.13. The van der Waals surface area contributed by atoms with E-state index in [1.807, 2.05) is 10.0 Å². The zero-order chi connectivity index (χ0) is 21.1. The highest BCUT2D eigenvalue weighted by Crippen LogP contribution is 2.30. The summed E-state index contributed by atoms with van der Waals surface area (Å²) in [6.45, 7) is 3.95. The highest BCUT2D eigenvalue weighted by Gasteiger charge is 2.34. The van der Waals surface area contributed by atoms with Gasteiger partial charge in [-0.15, -0.1) is 0 Å². The van der Waals surface area contributed by atoms with Crippen LogP contribution in [0, 0.1) is 11.8 Å². The number of halogens is 3. The lowest BCUT2D eigenvalue weighted by Crippen LogP contribution is -2.49. The summed E-state index contributed by atoms with van der Waals surface area (Å²) in [5, 5.41) is 5.91. The molecule has 2 N–H and O–H groups in total. The molecular formula is C16H23F3N4O4S. The lowest BCUT2D eigenvalue weighted by Gasteiger charge is -2.20. The molecule has 0 saturated heterocycles. The summed E-state index contributed by atoms with van der Waals surface area (Å²) in [4.78, 5) is 23.6. The first kappa shape index (κ1) is 22.2. The van der Waals surface area contributed by atoms with Gasteiger partial charge in [0.25, 0.3) is 15.9 Å². The minimum absolute atomic E-state index is 0.0219. The van der Waals surface area contributed by atoms with Crippen LogP contribution in [0.3, 0.4) is 0 Å². The fourth-order valence-corrected chi connectivity index (χ4v) is 3.51. The van der Waals surface area contributed by atoms with Gasteiger partial charge < -0.3 is 5.32 Å². The number of alkyl halides is 3. The molecule has 8 nitrogen and oxygen atoms in total. The van der Waals surface area contributed by atoms with Crippen molar-refractivity contribution in [3.63, 3.8) is 0 Å². The van der Waals surface area contributed by atoms with E-state index in [9.17, 15) is 31.2 Å². The van der Waals surface area contributed by atoms with Gasteiger partial charge in [-0.05, 0) is 31.1 Å². The Morgan fingerprint density at radius 2 is 1.96 bits per heavy atom. The molecule has 0 radical (unpaired) electrons. The zero-order valence-electron chi connectivity index (χ0n) is 15.5. The lowest BCUT2D eigenvalue weighted by atomic mass is 10.0. The Bertz CT molecular complexity index is 816. The second-order valence-electron chi connectivity index (χ2n) is 7.35. The van der Waals surface area contributed by atoms with Crippen molar-refractivity contribution in [2.75, 3.05) is 0 Å². The predicted octanol–water partition coefficient (Wildman–Crippen LogP) is 1.58. The largest absolute Gasteiger partial charge is 0.397 e. The summed E-state index contributed by atoms with van der Waals surface area (Å²) in [5.41, 5.74) is 0. The molecule has 1 aliphatic rings. The molecule has 1 atom stereocenters. The number of amides is 2. The van der Waals surface area contributed by atoms with Crippen LogP contribution in [0.4, 0.5) is 13.2 Å². The predicted molar refractivity (Wildman–Crippen MR) is 92.3 cm³/mol. The van der Waals surface area contributed by atoms with Crippen LogP contribution in [0.15, 0.2) is 17.3 Å². The summed E-state index contributed by atoms with van der Waals surface area (Å²) < 4.78 is 65.1. The second-order valence-corrected chi connectivity index (χ2v) is 9.04. The number of hydrogen-bond donors (Lipinski definition) is 2. The van der Waals surface area contributed by atoms with Gasteiger partial charge in [-0.1, -0.05) is 13.8 Å².